The molecule has 90 valence electrons. The number of sulfone groups is 1. The molecular weight excluding hydrogens is 218 g/mol. The van der Waals surface area contributed by atoms with Crippen molar-refractivity contribution in [3.8, 4) is 0 Å². The number of rotatable bonds is 6. The Kier molecular flexibility index (Phi) is 5.82. The zero-order valence-electron chi connectivity index (χ0n) is 9.61. The van der Waals surface area contributed by atoms with Gasteiger partial charge in [-0.15, -0.1) is 0 Å². The van der Waals surface area contributed by atoms with Crippen LogP contribution in [-0.2, 0) is 19.4 Å². The van der Waals surface area contributed by atoms with Gasteiger partial charge in [0.2, 0.25) is 0 Å². The van der Waals surface area contributed by atoms with Gasteiger partial charge in [0.25, 0.3) is 0 Å². The number of carbonyl (C=O) groups is 1. The SMILES string of the molecule is COC(=O)C(C)C(C)NCCS(C)(=O)=O. The topological polar surface area (TPSA) is 72.5 Å². The van der Waals surface area contributed by atoms with Crippen molar-refractivity contribution in [3.63, 3.8) is 0 Å². The Labute approximate surface area is 91.1 Å². The van der Waals surface area contributed by atoms with Crippen molar-refractivity contribution in [2.24, 2.45) is 5.92 Å². The Balaban J connectivity index is 3.94. The fraction of sp³-hybridized carbons (Fsp3) is 0.889. The van der Waals surface area contributed by atoms with Crippen molar-refractivity contribution in [1.82, 2.24) is 5.32 Å². The molecule has 0 saturated carbocycles. The van der Waals surface area contributed by atoms with Gasteiger partial charge >= 0.3 is 5.97 Å². The summed E-state index contributed by atoms with van der Waals surface area (Å²) in [7, 11) is -1.61. The summed E-state index contributed by atoms with van der Waals surface area (Å²) in [5.41, 5.74) is 0. The molecule has 6 heteroatoms. The molecule has 5 nitrogen and oxygen atoms in total. The standard InChI is InChI=1S/C9H19NO4S/c1-7(9(11)14-3)8(2)10-5-6-15(4,12)13/h7-8,10H,5-6H2,1-4H3. The van der Waals surface area contributed by atoms with Crippen LogP contribution < -0.4 is 5.32 Å². The smallest absolute Gasteiger partial charge is 0.309 e. The molecule has 0 aromatic heterocycles. The van der Waals surface area contributed by atoms with E-state index in [1.165, 1.54) is 13.4 Å². The van der Waals surface area contributed by atoms with Crippen LogP contribution in [0.4, 0.5) is 0 Å². The summed E-state index contributed by atoms with van der Waals surface area (Å²) in [6.07, 6.45) is 1.18. The lowest BCUT2D eigenvalue weighted by molar-refractivity contribution is -0.145. The van der Waals surface area contributed by atoms with Crippen LogP contribution in [0.25, 0.3) is 0 Å². The van der Waals surface area contributed by atoms with E-state index < -0.39 is 9.84 Å². The molecular formula is C9H19NO4S. The summed E-state index contributed by atoms with van der Waals surface area (Å²) in [6.45, 7) is 3.91. The number of ether oxygens (including phenoxy) is 1. The Bertz CT molecular complexity index is 299. The van der Waals surface area contributed by atoms with Crippen molar-refractivity contribution in [2.75, 3.05) is 25.7 Å². The maximum atomic E-state index is 11.1. The van der Waals surface area contributed by atoms with E-state index in [0.29, 0.717) is 6.54 Å². The summed E-state index contributed by atoms with van der Waals surface area (Å²) >= 11 is 0. The first kappa shape index (κ1) is 14.4. The van der Waals surface area contributed by atoms with Gasteiger partial charge in [0.1, 0.15) is 9.84 Å². The quantitative estimate of drug-likeness (QED) is 0.649. The second kappa shape index (κ2) is 6.07. The monoisotopic (exact) mass is 237 g/mol. The van der Waals surface area contributed by atoms with E-state index >= 15 is 0 Å². The highest BCUT2D eigenvalue weighted by atomic mass is 32.2. The molecule has 1 N–H and O–H groups in total. The Morgan fingerprint density at radius 1 is 1.40 bits per heavy atom. The molecule has 0 spiro atoms. The van der Waals surface area contributed by atoms with Crippen LogP contribution in [0, 0.1) is 5.92 Å². The highest BCUT2D eigenvalue weighted by Gasteiger charge is 2.20. The van der Waals surface area contributed by atoms with Crippen molar-refractivity contribution in [2.45, 2.75) is 19.9 Å². The third-order valence-electron chi connectivity index (χ3n) is 2.26. The Hall–Kier alpha value is -0.620. The van der Waals surface area contributed by atoms with Crippen LogP contribution in [0.15, 0.2) is 0 Å². The zero-order valence-corrected chi connectivity index (χ0v) is 10.4. The van der Waals surface area contributed by atoms with Gasteiger partial charge in [0.05, 0.1) is 18.8 Å². The number of carbonyl (C=O) groups excluding carboxylic acids is 1. The lowest BCUT2D eigenvalue weighted by Gasteiger charge is -2.18. The first-order valence-corrected chi connectivity index (χ1v) is 6.83. The lowest BCUT2D eigenvalue weighted by atomic mass is 10.0. The maximum absolute atomic E-state index is 11.1. The van der Waals surface area contributed by atoms with E-state index in [1.54, 1.807) is 6.92 Å². The lowest BCUT2D eigenvalue weighted by Crippen LogP contribution is -2.39. The molecule has 0 aliphatic carbocycles. The normalized spacial score (nSPS) is 15.7. The van der Waals surface area contributed by atoms with Crippen molar-refractivity contribution < 1.29 is 17.9 Å². The third kappa shape index (κ3) is 6.46. The van der Waals surface area contributed by atoms with Crippen LogP contribution in [0.3, 0.4) is 0 Å². The van der Waals surface area contributed by atoms with E-state index in [-0.39, 0.29) is 23.7 Å². The predicted molar refractivity (Wildman–Crippen MR) is 58.4 cm³/mol. The minimum absolute atomic E-state index is 0.0746. The average molecular weight is 237 g/mol. The highest BCUT2D eigenvalue weighted by Crippen LogP contribution is 2.04. The molecule has 2 atom stereocenters. The minimum Gasteiger partial charge on any atom is -0.469 e. The molecule has 0 aromatic carbocycles. The maximum Gasteiger partial charge on any atom is 0.309 e. The van der Waals surface area contributed by atoms with E-state index in [4.69, 9.17) is 0 Å². The van der Waals surface area contributed by atoms with Gasteiger partial charge in [0.15, 0.2) is 0 Å². The van der Waals surface area contributed by atoms with Crippen LogP contribution in [0.2, 0.25) is 0 Å². The highest BCUT2D eigenvalue weighted by molar-refractivity contribution is 7.90. The number of esters is 1. The predicted octanol–water partition coefficient (Wildman–Crippen LogP) is -0.182. The van der Waals surface area contributed by atoms with E-state index in [0.717, 1.165) is 0 Å². The van der Waals surface area contributed by atoms with Crippen LogP contribution in [0.5, 0.6) is 0 Å². The van der Waals surface area contributed by atoms with Gasteiger partial charge < -0.3 is 10.1 Å². The zero-order chi connectivity index (χ0) is 12.1. The number of hydrogen-bond acceptors (Lipinski definition) is 5. The second-order valence-corrected chi connectivity index (χ2v) is 5.94. The molecule has 0 aliphatic heterocycles. The third-order valence-corrected chi connectivity index (χ3v) is 3.21. The summed E-state index contributed by atoms with van der Waals surface area (Å²) in [5, 5.41) is 2.97. The van der Waals surface area contributed by atoms with Crippen molar-refractivity contribution >= 4 is 15.8 Å². The van der Waals surface area contributed by atoms with Gasteiger partial charge in [-0.05, 0) is 6.92 Å². The van der Waals surface area contributed by atoms with Gasteiger partial charge in [-0.1, -0.05) is 6.92 Å². The summed E-state index contributed by atoms with van der Waals surface area (Å²) < 4.78 is 26.3. The molecule has 0 amide bonds. The molecule has 15 heavy (non-hydrogen) atoms. The van der Waals surface area contributed by atoms with Crippen LogP contribution in [-0.4, -0.2) is 46.1 Å². The average Bonchev–Trinajstić information content (AvgIpc) is 2.13. The fourth-order valence-corrected chi connectivity index (χ4v) is 1.53. The first-order chi connectivity index (χ1) is 6.78. The molecule has 0 aliphatic rings. The summed E-state index contributed by atoms with van der Waals surface area (Å²) in [6, 6.07) is -0.0980. The largest absolute Gasteiger partial charge is 0.469 e. The van der Waals surface area contributed by atoms with Crippen molar-refractivity contribution in [3.05, 3.63) is 0 Å². The Morgan fingerprint density at radius 2 is 1.93 bits per heavy atom. The number of nitrogens with one attached hydrogen (secondary N) is 1. The molecule has 0 bridgehead atoms. The molecule has 0 radical (unpaired) electrons. The van der Waals surface area contributed by atoms with Crippen LogP contribution >= 0.6 is 0 Å². The number of hydrogen-bond donors (Lipinski definition) is 1. The molecule has 0 aromatic rings. The summed E-state index contributed by atoms with van der Waals surface area (Å²) in [4.78, 5) is 11.1. The van der Waals surface area contributed by atoms with Gasteiger partial charge in [-0.25, -0.2) is 8.42 Å². The molecule has 0 fully saturated rings. The van der Waals surface area contributed by atoms with Crippen molar-refractivity contribution in [1.29, 1.82) is 0 Å². The van der Waals surface area contributed by atoms with Gasteiger partial charge in [-0.3, -0.25) is 4.79 Å². The van der Waals surface area contributed by atoms with E-state index in [2.05, 4.69) is 10.1 Å². The fourth-order valence-electron chi connectivity index (χ4n) is 1.04. The molecule has 0 rings (SSSR count). The summed E-state index contributed by atoms with van der Waals surface area (Å²) in [5.74, 6) is -0.505. The van der Waals surface area contributed by atoms with Gasteiger partial charge in [-0.2, -0.15) is 0 Å². The Morgan fingerprint density at radius 3 is 2.33 bits per heavy atom. The van der Waals surface area contributed by atoms with E-state index in [9.17, 15) is 13.2 Å². The van der Waals surface area contributed by atoms with E-state index in [1.807, 2.05) is 6.92 Å². The molecule has 2 unspecified atom stereocenters. The van der Waals surface area contributed by atoms with Crippen LogP contribution in [0.1, 0.15) is 13.8 Å². The molecule has 0 saturated heterocycles. The number of methoxy groups -OCH3 is 1. The minimum atomic E-state index is -2.95. The molecule has 0 heterocycles. The van der Waals surface area contributed by atoms with Gasteiger partial charge in [0, 0.05) is 18.8 Å². The second-order valence-electron chi connectivity index (χ2n) is 3.68. The first-order valence-electron chi connectivity index (χ1n) is 4.77.